The van der Waals surface area contributed by atoms with Gasteiger partial charge in [-0.15, -0.1) is 0 Å². The number of aromatic amines is 1. The zero-order chi connectivity index (χ0) is 11.5. The average molecular weight is 224 g/mol. The molecule has 0 saturated heterocycles. The van der Waals surface area contributed by atoms with Crippen LogP contribution in [0.4, 0.5) is 14.5 Å². The molecule has 2 rings (SSSR count). The lowest BCUT2D eigenvalue weighted by Gasteiger charge is -2.02. The van der Waals surface area contributed by atoms with Crippen LogP contribution in [0.3, 0.4) is 0 Å². The van der Waals surface area contributed by atoms with Crippen LogP contribution >= 0.6 is 0 Å². The molecular weight excluding hydrogens is 218 g/mol. The molecule has 0 unspecified atom stereocenters. The van der Waals surface area contributed by atoms with Crippen molar-refractivity contribution in [1.82, 2.24) is 15.2 Å². The van der Waals surface area contributed by atoms with Crippen LogP contribution in [0.25, 0.3) is 0 Å². The summed E-state index contributed by atoms with van der Waals surface area (Å²) in [5, 5.41) is 8.07. The van der Waals surface area contributed by atoms with Crippen molar-refractivity contribution in [3.63, 3.8) is 0 Å². The van der Waals surface area contributed by atoms with E-state index in [4.69, 9.17) is 0 Å². The van der Waals surface area contributed by atoms with Gasteiger partial charge < -0.3 is 5.32 Å². The summed E-state index contributed by atoms with van der Waals surface area (Å²) in [4.78, 5) is 15.0. The third-order valence-electron chi connectivity index (χ3n) is 1.75. The number of amides is 1. The summed E-state index contributed by atoms with van der Waals surface area (Å²) in [6.07, 6.45) is 1.15. The van der Waals surface area contributed by atoms with Crippen LogP contribution in [0.15, 0.2) is 24.5 Å². The number of aromatic nitrogens is 3. The molecule has 7 heteroatoms. The molecule has 0 aliphatic carbocycles. The minimum Gasteiger partial charge on any atom is -0.319 e. The third-order valence-corrected chi connectivity index (χ3v) is 1.75. The molecule has 2 aromatic rings. The molecular formula is C9H6F2N4O. The molecule has 0 fully saturated rings. The second kappa shape index (κ2) is 4.05. The van der Waals surface area contributed by atoms with Crippen molar-refractivity contribution in [2.24, 2.45) is 0 Å². The standard InChI is InChI=1S/C9H6F2N4O/c10-5-1-6(11)3-7(2-5)14-9(16)8-12-4-13-15-8/h1-4H,(H,14,16)(H,12,13,15). The van der Waals surface area contributed by atoms with E-state index in [1.807, 2.05) is 0 Å². The Bertz CT molecular complexity index is 492. The normalized spacial score (nSPS) is 10.1. The van der Waals surface area contributed by atoms with E-state index in [0.717, 1.165) is 18.5 Å². The monoisotopic (exact) mass is 224 g/mol. The minimum atomic E-state index is -0.770. The molecule has 1 heterocycles. The number of hydrogen-bond acceptors (Lipinski definition) is 3. The number of hydrogen-bond donors (Lipinski definition) is 2. The summed E-state index contributed by atoms with van der Waals surface area (Å²) in [5.74, 6) is -2.20. The molecule has 0 saturated carbocycles. The van der Waals surface area contributed by atoms with Gasteiger partial charge in [-0.3, -0.25) is 9.89 Å². The number of halogens is 2. The van der Waals surface area contributed by atoms with E-state index in [1.54, 1.807) is 0 Å². The summed E-state index contributed by atoms with van der Waals surface area (Å²) < 4.78 is 25.6. The number of benzene rings is 1. The maximum absolute atomic E-state index is 12.8. The quantitative estimate of drug-likeness (QED) is 0.808. The number of anilines is 1. The third kappa shape index (κ3) is 2.19. The van der Waals surface area contributed by atoms with Crippen LogP contribution in [0.5, 0.6) is 0 Å². The zero-order valence-corrected chi connectivity index (χ0v) is 7.87. The van der Waals surface area contributed by atoms with E-state index >= 15 is 0 Å². The van der Waals surface area contributed by atoms with Crippen LogP contribution in [0.1, 0.15) is 10.6 Å². The highest BCUT2D eigenvalue weighted by Crippen LogP contribution is 2.13. The van der Waals surface area contributed by atoms with Gasteiger partial charge in [-0.25, -0.2) is 13.8 Å². The van der Waals surface area contributed by atoms with Crippen molar-refractivity contribution in [2.75, 3.05) is 5.32 Å². The lowest BCUT2D eigenvalue weighted by atomic mass is 10.3. The van der Waals surface area contributed by atoms with E-state index in [1.165, 1.54) is 0 Å². The molecule has 1 aromatic heterocycles. The number of nitrogens with zero attached hydrogens (tertiary/aromatic N) is 2. The Kier molecular flexibility index (Phi) is 2.59. The molecule has 0 aliphatic heterocycles. The van der Waals surface area contributed by atoms with Crippen LogP contribution in [-0.4, -0.2) is 21.1 Å². The first-order valence-corrected chi connectivity index (χ1v) is 4.28. The Morgan fingerprint density at radius 3 is 2.50 bits per heavy atom. The van der Waals surface area contributed by atoms with E-state index in [-0.39, 0.29) is 11.5 Å². The predicted octanol–water partition coefficient (Wildman–Crippen LogP) is 1.34. The van der Waals surface area contributed by atoms with Gasteiger partial charge in [0.05, 0.1) is 0 Å². The van der Waals surface area contributed by atoms with Crippen molar-refractivity contribution >= 4 is 11.6 Å². The highest BCUT2D eigenvalue weighted by molar-refractivity contribution is 6.01. The summed E-state index contributed by atoms with van der Waals surface area (Å²) in [5.41, 5.74) is 0.0129. The van der Waals surface area contributed by atoms with Gasteiger partial charge in [-0.2, -0.15) is 5.10 Å². The summed E-state index contributed by atoms with van der Waals surface area (Å²) in [7, 11) is 0. The molecule has 0 spiro atoms. The first kappa shape index (κ1) is 10.2. The van der Waals surface area contributed by atoms with Gasteiger partial charge in [-0.05, 0) is 12.1 Å². The molecule has 2 N–H and O–H groups in total. The highest BCUT2D eigenvalue weighted by atomic mass is 19.1. The van der Waals surface area contributed by atoms with Crippen molar-refractivity contribution in [3.05, 3.63) is 42.0 Å². The van der Waals surface area contributed by atoms with E-state index in [9.17, 15) is 13.6 Å². The topological polar surface area (TPSA) is 70.7 Å². The number of rotatable bonds is 2. The lowest BCUT2D eigenvalue weighted by molar-refractivity contribution is 0.101. The molecule has 1 aromatic carbocycles. The van der Waals surface area contributed by atoms with Gasteiger partial charge in [-0.1, -0.05) is 0 Å². The maximum atomic E-state index is 12.8. The average Bonchev–Trinajstić information content (AvgIpc) is 2.68. The SMILES string of the molecule is O=C(Nc1cc(F)cc(F)c1)c1ncn[nH]1. The fourth-order valence-electron chi connectivity index (χ4n) is 1.13. The first-order valence-electron chi connectivity index (χ1n) is 4.28. The number of H-pyrrole nitrogens is 1. The molecule has 5 nitrogen and oxygen atoms in total. The van der Waals surface area contributed by atoms with Crippen LogP contribution in [0, 0.1) is 11.6 Å². The Morgan fingerprint density at radius 1 is 1.25 bits per heavy atom. The van der Waals surface area contributed by atoms with Gasteiger partial charge in [0.15, 0.2) is 0 Å². The van der Waals surface area contributed by atoms with Crippen LogP contribution in [-0.2, 0) is 0 Å². The van der Waals surface area contributed by atoms with Crippen molar-refractivity contribution < 1.29 is 13.6 Å². The molecule has 0 aliphatic rings. The Balaban J connectivity index is 2.18. The predicted molar refractivity (Wildman–Crippen MR) is 50.7 cm³/mol. The Labute approximate surface area is 88.5 Å². The van der Waals surface area contributed by atoms with Crippen molar-refractivity contribution in [1.29, 1.82) is 0 Å². The molecule has 1 amide bonds. The van der Waals surface area contributed by atoms with E-state index in [0.29, 0.717) is 6.07 Å². The van der Waals surface area contributed by atoms with E-state index < -0.39 is 17.5 Å². The number of carbonyl (C=O) groups is 1. The smallest absolute Gasteiger partial charge is 0.292 e. The maximum Gasteiger partial charge on any atom is 0.292 e. The van der Waals surface area contributed by atoms with Gasteiger partial charge in [0.2, 0.25) is 5.82 Å². The fourth-order valence-corrected chi connectivity index (χ4v) is 1.13. The van der Waals surface area contributed by atoms with Crippen molar-refractivity contribution in [3.8, 4) is 0 Å². The number of nitrogens with one attached hydrogen (secondary N) is 2. The first-order chi connectivity index (χ1) is 7.65. The van der Waals surface area contributed by atoms with Crippen LogP contribution in [0.2, 0.25) is 0 Å². The fraction of sp³-hybridized carbons (Fsp3) is 0. The highest BCUT2D eigenvalue weighted by Gasteiger charge is 2.10. The molecule has 0 bridgehead atoms. The Hall–Kier alpha value is -2.31. The van der Waals surface area contributed by atoms with Crippen molar-refractivity contribution in [2.45, 2.75) is 0 Å². The molecule has 82 valence electrons. The Morgan fingerprint density at radius 2 is 1.94 bits per heavy atom. The molecule has 0 radical (unpaired) electrons. The number of carbonyl (C=O) groups excluding carboxylic acids is 1. The second-order valence-corrected chi connectivity index (χ2v) is 2.95. The van der Waals surface area contributed by atoms with Crippen LogP contribution < -0.4 is 5.32 Å². The summed E-state index contributed by atoms with van der Waals surface area (Å²) >= 11 is 0. The van der Waals surface area contributed by atoms with Gasteiger partial charge in [0, 0.05) is 11.8 Å². The van der Waals surface area contributed by atoms with E-state index in [2.05, 4.69) is 20.5 Å². The minimum absolute atomic E-state index is 0.0129. The summed E-state index contributed by atoms with van der Waals surface area (Å²) in [6, 6.07) is 2.71. The largest absolute Gasteiger partial charge is 0.319 e. The lowest BCUT2D eigenvalue weighted by Crippen LogP contribution is -2.14. The second-order valence-electron chi connectivity index (χ2n) is 2.95. The van der Waals surface area contributed by atoms with Gasteiger partial charge in [0.1, 0.15) is 18.0 Å². The zero-order valence-electron chi connectivity index (χ0n) is 7.87. The molecule has 16 heavy (non-hydrogen) atoms. The summed E-state index contributed by atoms with van der Waals surface area (Å²) in [6.45, 7) is 0. The molecule has 0 atom stereocenters. The van der Waals surface area contributed by atoms with Gasteiger partial charge in [0.25, 0.3) is 5.91 Å². The van der Waals surface area contributed by atoms with Gasteiger partial charge >= 0.3 is 0 Å².